The minimum atomic E-state index is -0.780. The number of esters is 3. The van der Waals surface area contributed by atoms with Crippen LogP contribution in [0, 0.1) is 0 Å². The lowest BCUT2D eigenvalue weighted by molar-refractivity contribution is -0.167. The Morgan fingerprint density at radius 3 is 0.952 bits per heavy atom. The van der Waals surface area contributed by atoms with Crippen molar-refractivity contribution in [2.24, 2.45) is 0 Å². The van der Waals surface area contributed by atoms with Crippen LogP contribution in [-0.2, 0) is 28.6 Å². The maximum atomic E-state index is 12.8. The van der Waals surface area contributed by atoms with E-state index in [1.54, 1.807) is 0 Å². The normalized spacial score (nSPS) is 12.5. The van der Waals surface area contributed by atoms with Gasteiger partial charge in [-0.25, -0.2) is 0 Å². The van der Waals surface area contributed by atoms with Crippen LogP contribution in [0.25, 0.3) is 0 Å². The molecule has 0 aliphatic heterocycles. The Kier molecular flexibility index (Phi) is 49.4. The number of carbonyl (C=O) groups excluding carboxylic acids is 3. The fraction of sp³-hybridized carbons (Fsp3) is 0.772. The van der Waals surface area contributed by atoms with E-state index in [0.717, 1.165) is 83.5 Å². The maximum absolute atomic E-state index is 12.8. The maximum Gasteiger partial charge on any atom is 0.306 e. The Balaban J connectivity index is 4.37. The van der Waals surface area contributed by atoms with Crippen LogP contribution in [-0.4, -0.2) is 37.2 Å². The van der Waals surface area contributed by atoms with E-state index in [-0.39, 0.29) is 31.1 Å². The number of unbranched alkanes of at least 4 members (excludes halogenated alkanes) is 31. The van der Waals surface area contributed by atoms with E-state index in [9.17, 15) is 14.4 Å². The summed E-state index contributed by atoms with van der Waals surface area (Å²) < 4.78 is 16.8. The molecule has 0 heterocycles. The summed E-state index contributed by atoms with van der Waals surface area (Å²) >= 11 is 0. The van der Waals surface area contributed by atoms with Crippen LogP contribution in [0.15, 0.2) is 60.8 Å². The molecule has 364 valence electrons. The number of rotatable bonds is 48. The minimum absolute atomic E-state index is 0.0794. The molecule has 0 amide bonds. The smallest absolute Gasteiger partial charge is 0.306 e. The average Bonchev–Trinajstić information content (AvgIpc) is 3.28. The van der Waals surface area contributed by atoms with Gasteiger partial charge in [-0.3, -0.25) is 14.4 Å². The van der Waals surface area contributed by atoms with Gasteiger partial charge in [-0.1, -0.05) is 268 Å². The van der Waals surface area contributed by atoms with Crippen LogP contribution in [0.4, 0.5) is 0 Å². The van der Waals surface area contributed by atoms with Gasteiger partial charge in [0.1, 0.15) is 13.2 Å². The number of hydrogen-bond acceptors (Lipinski definition) is 6. The molecule has 0 radical (unpaired) electrons. The van der Waals surface area contributed by atoms with Crippen molar-refractivity contribution < 1.29 is 28.6 Å². The number of allylic oxidation sites excluding steroid dienone is 10. The highest BCUT2D eigenvalue weighted by Gasteiger charge is 2.19. The molecule has 0 aromatic rings. The van der Waals surface area contributed by atoms with Gasteiger partial charge in [-0.05, 0) is 38.5 Å². The Morgan fingerprint density at radius 1 is 0.317 bits per heavy atom. The molecule has 1 unspecified atom stereocenters. The van der Waals surface area contributed by atoms with Crippen LogP contribution in [0.3, 0.4) is 0 Å². The van der Waals surface area contributed by atoms with Crippen molar-refractivity contribution in [3.05, 3.63) is 60.8 Å². The Morgan fingerprint density at radius 2 is 0.603 bits per heavy atom. The van der Waals surface area contributed by atoms with E-state index < -0.39 is 6.10 Å². The largest absolute Gasteiger partial charge is 0.462 e. The summed E-state index contributed by atoms with van der Waals surface area (Å²) in [6.45, 7) is 6.54. The first kappa shape index (κ1) is 60.1. The van der Waals surface area contributed by atoms with E-state index >= 15 is 0 Å². The first-order valence-electron chi connectivity index (χ1n) is 26.9. The van der Waals surface area contributed by atoms with Gasteiger partial charge in [-0.15, -0.1) is 0 Å². The van der Waals surface area contributed by atoms with Crippen LogP contribution in [0.2, 0.25) is 0 Å². The van der Waals surface area contributed by atoms with E-state index in [2.05, 4.69) is 57.2 Å². The molecule has 1 atom stereocenters. The highest BCUT2D eigenvalue weighted by Crippen LogP contribution is 2.16. The van der Waals surface area contributed by atoms with Crippen LogP contribution >= 0.6 is 0 Å². The lowest BCUT2D eigenvalue weighted by atomic mass is 10.0. The van der Waals surface area contributed by atoms with E-state index in [1.807, 2.05) is 24.3 Å². The van der Waals surface area contributed by atoms with Gasteiger partial charge in [-0.2, -0.15) is 0 Å². The SMILES string of the molecule is CCC\C=C/C=C\C=C/C=C\C=C/CCCCCCCC(=O)OCC(COC(=O)CCCCCCCCCCCC)OC(=O)CCCCCCCCCCCCCCCCCCC. The Hall–Kier alpha value is -2.89. The quantitative estimate of drug-likeness (QED) is 0.0262. The molecule has 0 rings (SSSR count). The fourth-order valence-electron chi connectivity index (χ4n) is 7.59. The summed E-state index contributed by atoms with van der Waals surface area (Å²) in [6, 6.07) is 0. The average molecular weight is 881 g/mol. The number of hydrogen-bond donors (Lipinski definition) is 0. The highest BCUT2D eigenvalue weighted by molar-refractivity contribution is 5.71. The van der Waals surface area contributed by atoms with E-state index in [1.165, 1.54) is 141 Å². The lowest BCUT2D eigenvalue weighted by Crippen LogP contribution is -2.30. The third kappa shape index (κ3) is 50.0. The van der Waals surface area contributed by atoms with Crippen molar-refractivity contribution >= 4 is 17.9 Å². The molecule has 0 aliphatic carbocycles. The zero-order valence-corrected chi connectivity index (χ0v) is 41.6. The molecule has 63 heavy (non-hydrogen) atoms. The second-order valence-corrected chi connectivity index (χ2v) is 17.9. The van der Waals surface area contributed by atoms with E-state index in [0.29, 0.717) is 19.3 Å². The molecule has 0 aromatic carbocycles. The second kappa shape index (κ2) is 51.7. The molecule has 0 saturated heterocycles. The monoisotopic (exact) mass is 881 g/mol. The van der Waals surface area contributed by atoms with Gasteiger partial charge < -0.3 is 14.2 Å². The number of ether oxygens (including phenoxy) is 3. The summed E-state index contributed by atoms with van der Waals surface area (Å²) in [5.74, 6) is -0.897. The molecule has 6 nitrogen and oxygen atoms in total. The predicted molar refractivity (Wildman–Crippen MR) is 270 cm³/mol. The Labute approximate surface area is 390 Å². The molecule has 0 aromatic heterocycles. The summed E-state index contributed by atoms with van der Waals surface area (Å²) in [5, 5.41) is 0. The molecule has 6 heteroatoms. The molecule has 0 aliphatic rings. The standard InChI is InChI=1S/C57H100O6/c1-4-7-10-13-16-19-22-24-26-28-30-31-33-35-38-41-44-47-50-56(59)62-53-54(52-61-55(58)49-46-43-40-37-21-18-15-12-9-6-3)63-57(60)51-48-45-42-39-36-34-32-29-27-25-23-20-17-14-11-8-5-2/h10,13,16,19,22,24,26,28,30-31,54H,4-9,11-12,14-15,17-18,20-21,23,25,27,29,32-53H2,1-3H3/b13-10-,19-16-,24-22-,28-26-,31-30-. The van der Waals surface area contributed by atoms with Gasteiger partial charge >= 0.3 is 17.9 Å². The van der Waals surface area contributed by atoms with Crippen molar-refractivity contribution in [1.82, 2.24) is 0 Å². The first-order chi connectivity index (χ1) is 31.0. The molecule has 0 spiro atoms. The van der Waals surface area contributed by atoms with Crippen molar-refractivity contribution in [2.45, 2.75) is 271 Å². The molecule has 0 saturated carbocycles. The van der Waals surface area contributed by atoms with Crippen LogP contribution < -0.4 is 0 Å². The van der Waals surface area contributed by atoms with Gasteiger partial charge in [0.05, 0.1) is 0 Å². The third-order valence-electron chi connectivity index (χ3n) is 11.6. The summed E-state index contributed by atoms with van der Waals surface area (Å²) in [5.41, 5.74) is 0. The van der Waals surface area contributed by atoms with Crippen molar-refractivity contribution in [2.75, 3.05) is 13.2 Å². The molecule has 0 N–H and O–H groups in total. The Bertz CT molecular complexity index is 1150. The summed E-state index contributed by atoms with van der Waals surface area (Å²) in [7, 11) is 0. The zero-order valence-electron chi connectivity index (χ0n) is 41.6. The summed E-state index contributed by atoms with van der Waals surface area (Å²) in [4.78, 5) is 38.0. The molecular weight excluding hydrogens is 781 g/mol. The van der Waals surface area contributed by atoms with Gasteiger partial charge in [0.2, 0.25) is 0 Å². The van der Waals surface area contributed by atoms with Gasteiger partial charge in [0, 0.05) is 19.3 Å². The third-order valence-corrected chi connectivity index (χ3v) is 11.6. The van der Waals surface area contributed by atoms with E-state index in [4.69, 9.17) is 14.2 Å². The van der Waals surface area contributed by atoms with Crippen LogP contribution in [0.1, 0.15) is 265 Å². The lowest BCUT2D eigenvalue weighted by Gasteiger charge is -2.18. The van der Waals surface area contributed by atoms with Crippen molar-refractivity contribution in [3.8, 4) is 0 Å². The fourth-order valence-corrected chi connectivity index (χ4v) is 7.59. The molecular formula is C57H100O6. The molecule has 0 bridgehead atoms. The van der Waals surface area contributed by atoms with Gasteiger partial charge in [0.15, 0.2) is 6.10 Å². The molecule has 0 fully saturated rings. The van der Waals surface area contributed by atoms with Crippen molar-refractivity contribution in [3.63, 3.8) is 0 Å². The summed E-state index contributed by atoms with van der Waals surface area (Å²) in [6.07, 6.45) is 63.4. The number of carbonyl (C=O) groups is 3. The van der Waals surface area contributed by atoms with Gasteiger partial charge in [0.25, 0.3) is 0 Å². The minimum Gasteiger partial charge on any atom is -0.462 e. The topological polar surface area (TPSA) is 78.9 Å². The van der Waals surface area contributed by atoms with Crippen molar-refractivity contribution in [1.29, 1.82) is 0 Å². The van der Waals surface area contributed by atoms with Crippen LogP contribution in [0.5, 0.6) is 0 Å². The second-order valence-electron chi connectivity index (χ2n) is 17.9. The predicted octanol–water partition coefficient (Wildman–Crippen LogP) is 17.6. The zero-order chi connectivity index (χ0) is 45.8. The first-order valence-corrected chi connectivity index (χ1v) is 26.9. The highest BCUT2D eigenvalue weighted by atomic mass is 16.6.